The molecule has 9 nitrogen and oxygen atoms in total. The fourth-order valence-corrected chi connectivity index (χ4v) is 3.08. The van der Waals surface area contributed by atoms with Crippen LogP contribution in [-0.2, 0) is 0 Å². The van der Waals surface area contributed by atoms with Crippen LogP contribution in [0.4, 0.5) is 5.82 Å². The summed E-state index contributed by atoms with van der Waals surface area (Å²) in [5, 5.41) is 18.7. The number of H-pyrrole nitrogens is 1. The molecule has 0 spiro atoms. The second-order valence-corrected chi connectivity index (χ2v) is 6.23. The number of hydrogen-bond acceptors (Lipinski definition) is 6. The standard InChI is InChI=1S/C16H19N7O2/c1-22-6-5-10(8-22)23-9-14(19-21-23)16(24)17-15-12-4-3-11(25-2)7-13(12)18-20-15/h3-4,7,9-10H,5-6,8H2,1-2H3,(H2,17,18,20,24). The van der Waals surface area contributed by atoms with Crippen LogP contribution in [-0.4, -0.2) is 63.2 Å². The molecular weight excluding hydrogens is 322 g/mol. The first-order valence-corrected chi connectivity index (χ1v) is 8.08. The molecule has 0 aliphatic carbocycles. The molecule has 1 aliphatic heterocycles. The second-order valence-electron chi connectivity index (χ2n) is 6.23. The van der Waals surface area contributed by atoms with Gasteiger partial charge in [0.05, 0.1) is 24.9 Å². The van der Waals surface area contributed by atoms with Gasteiger partial charge in [-0.15, -0.1) is 5.10 Å². The molecule has 4 rings (SSSR count). The Morgan fingerprint density at radius 3 is 3.08 bits per heavy atom. The predicted octanol–water partition coefficient (Wildman–Crippen LogP) is 1.29. The number of nitrogens with zero attached hydrogens (tertiary/aromatic N) is 5. The molecule has 0 saturated carbocycles. The van der Waals surface area contributed by atoms with E-state index in [0.717, 1.165) is 36.2 Å². The van der Waals surface area contributed by atoms with Crippen LogP contribution in [0.2, 0.25) is 0 Å². The highest BCUT2D eigenvalue weighted by Gasteiger charge is 2.23. The number of benzene rings is 1. The van der Waals surface area contributed by atoms with Crippen molar-refractivity contribution < 1.29 is 9.53 Å². The van der Waals surface area contributed by atoms with E-state index in [9.17, 15) is 4.79 Å². The number of anilines is 1. The summed E-state index contributed by atoms with van der Waals surface area (Å²) in [6.07, 6.45) is 2.70. The lowest BCUT2D eigenvalue weighted by Crippen LogP contribution is -2.17. The van der Waals surface area contributed by atoms with E-state index in [1.54, 1.807) is 18.0 Å². The van der Waals surface area contributed by atoms with Crippen LogP contribution in [0, 0.1) is 0 Å². The van der Waals surface area contributed by atoms with E-state index in [1.807, 2.05) is 18.2 Å². The number of amides is 1. The summed E-state index contributed by atoms with van der Waals surface area (Å²) in [7, 11) is 3.67. The van der Waals surface area contributed by atoms with E-state index >= 15 is 0 Å². The minimum absolute atomic E-state index is 0.262. The monoisotopic (exact) mass is 341 g/mol. The third-order valence-electron chi connectivity index (χ3n) is 4.49. The summed E-state index contributed by atoms with van der Waals surface area (Å²) >= 11 is 0. The van der Waals surface area contributed by atoms with Crippen LogP contribution >= 0.6 is 0 Å². The van der Waals surface area contributed by atoms with Gasteiger partial charge in [0, 0.05) is 18.0 Å². The number of likely N-dealkylation sites (N-methyl/N-ethyl adjacent to an activating group) is 1. The zero-order valence-corrected chi connectivity index (χ0v) is 14.1. The lowest BCUT2D eigenvalue weighted by atomic mass is 10.2. The highest BCUT2D eigenvalue weighted by Crippen LogP contribution is 2.25. The van der Waals surface area contributed by atoms with Crippen LogP contribution in [0.5, 0.6) is 5.75 Å². The first kappa shape index (κ1) is 15.6. The van der Waals surface area contributed by atoms with Crippen molar-refractivity contribution >= 4 is 22.6 Å². The Hall–Kier alpha value is -2.94. The van der Waals surface area contributed by atoms with Crippen LogP contribution in [0.25, 0.3) is 10.9 Å². The topological polar surface area (TPSA) is 101 Å². The third-order valence-corrected chi connectivity index (χ3v) is 4.49. The fourth-order valence-electron chi connectivity index (χ4n) is 3.08. The van der Waals surface area contributed by atoms with Crippen molar-refractivity contribution in [3.8, 4) is 5.75 Å². The summed E-state index contributed by atoms with van der Waals surface area (Å²) < 4.78 is 6.95. The quantitative estimate of drug-likeness (QED) is 0.742. The second kappa shape index (κ2) is 6.17. The Labute approximate surface area is 143 Å². The molecule has 1 amide bonds. The Morgan fingerprint density at radius 1 is 1.44 bits per heavy atom. The lowest BCUT2D eigenvalue weighted by molar-refractivity contribution is 0.102. The maximum absolute atomic E-state index is 12.5. The fraction of sp³-hybridized carbons (Fsp3) is 0.375. The van der Waals surface area contributed by atoms with E-state index < -0.39 is 0 Å². The highest BCUT2D eigenvalue weighted by atomic mass is 16.5. The van der Waals surface area contributed by atoms with Gasteiger partial charge in [-0.2, -0.15) is 5.10 Å². The van der Waals surface area contributed by atoms with Gasteiger partial charge in [-0.1, -0.05) is 5.21 Å². The van der Waals surface area contributed by atoms with E-state index in [0.29, 0.717) is 5.82 Å². The first-order chi connectivity index (χ1) is 12.1. The summed E-state index contributed by atoms with van der Waals surface area (Å²) in [4.78, 5) is 14.7. The van der Waals surface area contributed by atoms with Crippen molar-refractivity contribution in [3.05, 3.63) is 30.1 Å². The SMILES string of the molecule is COc1ccc2c(NC(=O)c3cn(C4CCN(C)C4)nn3)n[nH]c2c1. The highest BCUT2D eigenvalue weighted by molar-refractivity contribution is 6.06. The molecule has 1 fully saturated rings. The van der Waals surface area contributed by atoms with Crippen molar-refractivity contribution in [2.75, 3.05) is 32.6 Å². The van der Waals surface area contributed by atoms with Crippen molar-refractivity contribution in [3.63, 3.8) is 0 Å². The van der Waals surface area contributed by atoms with E-state index in [1.165, 1.54) is 0 Å². The van der Waals surface area contributed by atoms with E-state index in [-0.39, 0.29) is 17.6 Å². The number of carbonyl (C=O) groups excluding carboxylic acids is 1. The van der Waals surface area contributed by atoms with Gasteiger partial charge >= 0.3 is 0 Å². The zero-order valence-electron chi connectivity index (χ0n) is 14.1. The van der Waals surface area contributed by atoms with Gasteiger partial charge in [-0.25, -0.2) is 4.68 Å². The number of nitrogens with one attached hydrogen (secondary N) is 2. The number of hydrogen-bond donors (Lipinski definition) is 2. The zero-order chi connectivity index (χ0) is 17.4. The average molecular weight is 341 g/mol. The lowest BCUT2D eigenvalue weighted by Gasteiger charge is -2.09. The summed E-state index contributed by atoms with van der Waals surface area (Å²) in [5.74, 6) is 0.845. The normalized spacial score (nSPS) is 17.9. The Morgan fingerprint density at radius 2 is 2.32 bits per heavy atom. The minimum Gasteiger partial charge on any atom is -0.497 e. The molecule has 25 heavy (non-hydrogen) atoms. The number of ether oxygens (including phenoxy) is 1. The van der Waals surface area contributed by atoms with Gasteiger partial charge < -0.3 is 15.0 Å². The minimum atomic E-state index is -0.332. The van der Waals surface area contributed by atoms with Gasteiger partial charge in [0.2, 0.25) is 0 Å². The van der Waals surface area contributed by atoms with Gasteiger partial charge in [-0.05, 0) is 32.1 Å². The number of carbonyl (C=O) groups is 1. The number of aromatic amines is 1. The van der Waals surface area contributed by atoms with Crippen LogP contribution in [0.3, 0.4) is 0 Å². The Balaban J connectivity index is 1.51. The molecule has 3 heterocycles. The molecule has 1 aliphatic rings. The molecule has 1 atom stereocenters. The molecule has 2 N–H and O–H groups in total. The van der Waals surface area contributed by atoms with Gasteiger partial charge in [0.25, 0.3) is 5.91 Å². The molecule has 3 aromatic rings. The van der Waals surface area contributed by atoms with Gasteiger partial charge in [0.15, 0.2) is 11.5 Å². The number of likely N-dealkylation sites (tertiary alicyclic amines) is 1. The number of rotatable bonds is 4. The number of aromatic nitrogens is 5. The largest absolute Gasteiger partial charge is 0.497 e. The summed E-state index contributed by atoms with van der Waals surface area (Å²) in [6, 6.07) is 5.75. The number of fused-ring (bicyclic) bond motifs is 1. The molecule has 2 aromatic heterocycles. The van der Waals surface area contributed by atoms with Crippen molar-refractivity contribution in [1.29, 1.82) is 0 Å². The average Bonchev–Trinajstić information content (AvgIpc) is 3.34. The summed E-state index contributed by atoms with van der Waals surface area (Å²) in [6.45, 7) is 1.94. The molecule has 9 heteroatoms. The van der Waals surface area contributed by atoms with Crippen molar-refractivity contribution in [2.45, 2.75) is 12.5 Å². The Bertz CT molecular complexity index is 916. The Kier molecular flexibility index (Phi) is 3.85. The van der Waals surface area contributed by atoms with Crippen molar-refractivity contribution in [2.24, 2.45) is 0 Å². The molecule has 0 bridgehead atoms. The molecular formula is C16H19N7O2. The maximum atomic E-state index is 12.5. The molecule has 130 valence electrons. The summed E-state index contributed by atoms with van der Waals surface area (Å²) in [5.41, 5.74) is 1.06. The van der Waals surface area contributed by atoms with E-state index in [2.05, 4.69) is 37.8 Å². The molecule has 1 unspecified atom stereocenters. The van der Waals surface area contributed by atoms with E-state index in [4.69, 9.17) is 4.74 Å². The van der Waals surface area contributed by atoms with Crippen LogP contribution in [0.15, 0.2) is 24.4 Å². The first-order valence-electron chi connectivity index (χ1n) is 8.08. The van der Waals surface area contributed by atoms with Gasteiger partial charge in [0.1, 0.15) is 5.75 Å². The van der Waals surface area contributed by atoms with Crippen LogP contribution < -0.4 is 10.1 Å². The number of methoxy groups -OCH3 is 1. The van der Waals surface area contributed by atoms with Crippen molar-refractivity contribution in [1.82, 2.24) is 30.1 Å². The van der Waals surface area contributed by atoms with Gasteiger partial charge in [-0.3, -0.25) is 9.89 Å². The molecule has 0 radical (unpaired) electrons. The molecule has 1 aromatic carbocycles. The maximum Gasteiger partial charge on any atom is 0.279 e. The smallest absolute Gasteiger partial charge is 0.279 e. The molecule has 1 saturated heterocycles. The van der Waals surface area contributed by atoms with Crippen LogP contribution in [0.1, 0.15) is 23.0 Å². The third kappa shape index (κ3) is 2.93. The predicted molar refractivity (Wildman–Crippen MR) is 91.8 cm³/mol.